The Morgan fingerprint density at radius 1 is 1.18 bits per heavy atom. The number of ether oxygens (including phenoxy) is 3. The van der Waals surface area contributed by atoms with Crippen molar-refractivity contribution in [1.82, 2.24) is 4.98 Å². The van der Waals surface area contributed by atoms with Crippen molar-refractivity contribution in [3.8, 4) is 5.88 Å². The Hall–Kier alpha value is -0.840. The van der Waals surface area contributed by atoms with E-state index in [4.69, 9.17) is 25.8 Å². The average Bonchev–Trinajstić information content (AvgIpc) is 2.38. The zero-order valence-corrected chi connectivity index (χ0v) is 10.8. The molecule has 17 heavy (non-hydrogen) atoms. The van der Waals surface area contributed by atoms with Crippen molar-refractivity contribution in [2.24, 2.45) is 0 Å². The maximum atomic E-state index is 5.68. The fourth-order valence-electron chi connectivity index (χ4n) is 1.19. The quantitative estimate of drug-likeness (QED) is 0.504. The van der Waals surface area contributed by atoms with Gasteiger partial charge >= 0.3 is 0 Å². The predicted octanol–water partition coefficient (Wildman–Crippen LogP) is 2.25. The van der Waals surface area contributed by atoms with Gasteiger partial charge in [-0.2, -0.15) is 0 Å². The van der Waals surface area contributed by atoms with Gasteiger partial charge in [-0.3, -0.25) is 0 Å². The van der Waals surface area contributed by atoms with E-state index in [0.717, 1.165) is 12.1 Å². The largest absolute Gasteiger partial charge is 0.478 e. The molecule has 0 saturated carbocycles. The summed E-state index contributed by atoms with van der Waals surface area (Å²) in [7, 11) is 1.65. The summed E-state index contributed by atoms with van der Waals surface area (Å²) in [6.07, 6.45) is 0.830. The van der Waals surface area contributed by atoms with Gasteiger partial charge in [-0.1, -0.05) is 6.07 Å². The number of aromatic nitrogens is 1. The van der Waals surface area contributed by atoms with Crippen molar-refractivity contribution in [3.63, 3.8) is 0 Å². The van der Waals surface area contributed by atoms with Crippen molar-refractivity contribution in [3.05, 3.63) is 23.9 Å². The summed E-state index contributed by atoms with van der Waals surface area (Å²) in [6.45, 7) is 2.50. The van der Waals surface area contributed by atoms with Crippen molar-refractivity contribution >= 4 is 11.6 Å². The predicted molar refractivity (Wildman–Crippen MR) is 66.6 cm³/mol. The van der Waals surface area contributed by atoms with Crippen LogP contribution in [-0.2, 0) is 15.4 Å². The first-order chi connectivity index (χ1) is 8.36. The van der Waals surface area contributed by atoms with E-state index in [0.29, 0.717) is 38.2 Å². The van der Waals surface area contributed by atoms with Gasteiger partial charge in [0.05, 0.1) is 31.4 Å². The van der Waals surface area contributed by atoms with Gasteiger partial charge in [0.25, 0.3) is 0 Å². The van der Waals surface area contributed by atoms with Crippen LogP contribution < -0.4 is 4.74 Å². The molecule has 0 fully saturated rings. The van der Waals surface area contributed by atoms with E-state index in [2.05, 4.69) is 4.98 Å². The lowest BCUT2D eigenvalue weighted by Gasteiger charge is -2.06. The highest BCUT2D eigenvalue weighted by molar-refractivity contribution is 6.16. The highest BCUT2D eigenvalue weighted by atomic mass is 35.5. The van der Waals surface area contributed by atoms with Crippen LogP contribution in [0.1, 0.15) is 12.1 Å². The van der Waals surface area contributed by atoms with E-state index in [1.807, 2.05) is 18.2 Å². The van der Waals surface area contributed by atoms with Crippen molar-refractivity contribution in [1.29, 1.82) is 0 Å². The first-order valence-electron chi connectivity index (χ1n) is 5.58. The molecule has 0 amide bonds. The van der Waals surface area contributed by atoms with Crippen LogP contribution in [0.4, 0.5) is 0 Å². The molecule has 0 unspecified atom stereocenters. The number of nitrogens with zero attached hydrogens (tertiary/aromatic N) is 1. The van der Waals surface area contributed by atoms with Gasteiger partial charge in [0.1, 0.15) is 0 Å². The van der Waals surface area contributed by atoms with Gasteiger partial charge in [-0.15, -0.1) is 11.6 Å². The maximum absolute atomic E-state index is 5.68. The molecule has 4 nitrogen and oxygen atoms in total. The van der Waals surface area contributed by atoms with Gasteiger partial charge in [0.2, 0.25) is 5.88 Å². The fourth-order valence-corrected chi connectivity index (χ4v) is 1.34. The molecule has 96 valence electrons. The lowest BCUT2D eigenvalue weighted by Crippen LogP contribution is -2.07. The zero-order chi connectivity index (χ0) is 12.3. The Bertz CT molecular complexity index is 310. The number of alkyl halides is 1. The Balaban J connectivity index is 2.09. The maximum Gasteiger partial charge on any atom is 0.213 e. The molecule has 0 spiro atoms. The molecule has 0 atom stereocenters. The molecule has 1 rings (SSSR count). The molecule has 0 aliphatic heterocycles. The first-order valence-corrected chi connectivity index (χ1v) is 6.11. The highest BCUT2D eigenvalue weighted by Crippen LogP contribution is 2.09. The van der Waals surface area contributed by atoms with Gasteiger partial charge in [0.15, 0.2) is 0 Å². The van der Waals surface area contributed by atoms with Crippen LogP contribution in [0.3, 0.4) is 0 Å². The molecule has 0 aliphatic rings. The number of halogens is 1. The average molecular weight is 260 g/mol. The summed E-state index contributed by atoms with van der Waals surface area (Å²) in [5, 5.41) is 0. The third-order valence-electron chi connectivity index (χ3n) is 2.03. The van der Waals surface area contributed by atoms with Gasteiger partial charge < -0.3 is 14.2 Å². The minimum absolute atomic E-state index is 0.400. The van der Waals surface area contributed by atoms with E-state index in [-0.39, 0.29) is 0 Å². The van der Waals surface area contributed by atoms with Crippen LogP contribution >= 0.6 is 11.6 Å². The zero-order valence-electron chi connectivity index (χ0n) is 10.0. The second-order valence-electron chi connectivity index (χ2n) is 3.41. The number of methoxy groups -OCH3 is 1. The lowest BCUT2D eigenvalue weighted by atomic mass is 10.4. The van der Waals surface area contributed by atoms with E-state index >= 15 is 0 Å². The topological polar surface area (TPSA) is 40.6 Å². The fraction of sp³-hybridized carbons (Fsp3) is 0.583. The van der Waals surface area contributed by atoms with Crippen LogP contribution in [0.25, 0.3) is 0 Å². The normalized spacial score (nSPS) is 10.5. The summed E-state index contributed by atoms with van der Waals surface area (Å²) in [5.74, 6) is 1.01. The van der Waals surface area contributed by atoms with Crippen molar-refractivity contribution in [2.45, 2.75) is 12.3 Å². The number of rotatable bonds is 9. The molecule has 0 radical (unpaired) electrons. The standard InChI is InChI=1S/C12H18ClNO3/c1-15-8-9-16-6-3-7-17-12-5-2-4-11(10-13)14-12/h2,4-5H,3,6-10H2,1H3. The first kappa shape index (κ1) is 14.2. The molecule has 0 aromatic carbocycles. The van der Waals surface area contributed by atoms with Crippen LogP contribution in [0.2, 0.25) is 0 Å². The lowest BCUT2D eigenvalue weighted by molar-refractivity contribution is 0.0642. The van der Waals surface area contributed by atoms with Crippen LogP contribution in [-0.4, -0.2) is 38.5 Å². The molecule has 1 aromatic rings. The number of hydrogen-bond donors (Lipinski definition) is 0. The minimum atomic E-state index is 0.400. The molecule has 0 N–H and O–H groups in total. The Morgan fingerprint density at radius 3 is 2.82 bits per heavy atom. The monoisotopic (exact) mass is 259 g/mol. The van der Waals surface area contributed by atoms with Crippen LogP contribution in [0.15, 0.2) is 18.2 Å². The number of hydrogen-bond acceptors (Lipinski definition) is 4. The molecule has 5 heteroatoms. The van der Waals surface area contributed by atoms with E-state index in [1.54, 1.807) is 7.11 Å². The SMILES string of the molecule is COCCOCCCOc1cccc(CCl)n1. The molecule has 1 heterocycles. The van der Waals surface area contributed by atoms with E-state index in [1.165, 1.54) is 0 Å². The molecule has 1 aromatic heterocycles. The third-order valence-corrected chi connectivity index (χ3v) is 2.31. The summed E-state index contributed by atoms with van der Waals surface area (Å²) < 4.78 is 15.6. The Labute approximate surface area is 107 Å². The molecular formula is C12H18ClNO3. The minimum Gasteiger partial charge on any atom is -0.478 e. The van der Waals surface area contributed by atoms with E-state index in [9.17, 15) is 0 Å². The molecular weight excluding hydrogens is 242 g/mol. The summed E-state index contributed by atoms with van der Waals surface area (Å²) in [6, 6.07) is 5.57. The van der Waals surface area contributed by atoms with Gasteiger partial charge in [-0.25, -0.2) is 4.98 Å². The summed E-state index contributed by atoms with van der Waals surface area (Å²) in [5.41, 5.74) is 0.820. The second kappa shape index (κ2) is 9.22. The van der Waals surface area contributed by atoms with Gasteiger partial charge in [0, 0.05) is 26.2 Å². The summed E-state index contributed by atoms with van der Waals surface area (Å²) in [4.78, 5) is 4.22. The molecule has 0 aliphatic carbocycles. The molecule has 0 saturated heterocycles. The second-order valence-corrected chi connectivity index (χ2v) is 3.68. The van der Waals surface area contributed by atoms with Gasteiger partial charge in [-0.05, 0) is 6.07 Å². The van der Waals surface area contributed by atoms with Crippen LogP contribution in [0.5, 0.6) is 5.88 Å². The third kappa shape index (κ3) is 6.46. The molecule has 0 bridgehead atoms. The van der Waals surface area contributed by atoms with Crippen molar-refractivity contribution in [2.75, 3.05) is 33.5 Å². The highest BCUT2D eigenvalue weighted by Gasteiger charge is 1.97. The Kier molecular flexibility index (Phi) is 7.71. The van der Waals surface area contributed by atoms with E-state index < -0.39 is 0 Å². The number of pyridine rings is 1. The van der Waals surface area contributed by atoms with Crippen molar-refractivity contribution < 1.29 is 14.2 Å². The smallest absolute Gasteiger partial charge is 0.213 e. The Morgan fingerprint density at radius 2 is 2.06 bits per heavy atom. The van der Waals surface area contributed by atoms with Crippen LogP contribution in [0, 0.1) is 0 Å². The summed E-state index contributed by atoms with van der Waals surface area (Å²) >= 11 is 5.68.